The van der Waals surface area contributed by atoms with Crippen molar-refractivity contribution < 1.29 is 13.5 Å². The lowest BCUT2D eigenvalue weighted by molar-refractivity contribution is 0.457. The lowest BCUT2D eigenvalue weighted by atomic mass is 10.1. The van der Waals surface area contributed by atoms with Crippen molar-refractivity contribution in [3.63, 3.8) is 0 Å². The molecule has 0 saturated carbocycles. The van der Waals surface area contributed by atoms with Gasteiger partial charge in [0.05, 0.1) is 21.7 Å². The highest BCUT2D eigenvalue weighted by Crippen LogP contribution is 2.29. The molecule has 0 bridgehead atoms. The van der Waals surface area contributed by atoms with Crippen LogP contribution in [-0.2, 0) is 10.0 Å². The molecule has 0 amide bonds. The Morgan fingerprint density at radius 3 is 2.46 bits per heavy atom. The number of nitrogens with one attached hydrogen (secondary N) is 1. The van der Waals surface area contributed by atoms with Crippen molar-refractivity contribution in [2.24, 2.45) is 10.1 Å². The predicted molar refractivity (Wildman–Crippen MR) is 94.5 cm³/mol. The Bertz CT molecular complexity index is 1050. The van der Waals surface area contributed by atoms with Crippen LogP contribution in [0.1, 0.15) is 16.7 Å². The van der Waals surface area contributed by atoms with E-state index in [1.807, 2.05) is 26.0 Å². The number of nitrogens with two attached hydrogens (primary N) is 1. The molecule has 0 saturated heterocycles. The number of benzene rings is 2. The fourth-order valence-electron chi connectivity index (χ4n) is 2.65. The summed E-state index contributed by atoms with van der Waals surface area (Å²) in [6.07, 6.45) is 1.55. The average molecular weight is 343 g/mol. The first-order valence-corrected chi connectivity index (χ1v) is 8.79. The number of rotatable bonds is 3. The summed E-state index contributed by atoms with van der Waals surface area (Å²) in [7, 11) is -3.72. The second-order valence-electron chi connectivity index (χ2n) is 5.69. The lowest BCUT2D eigenvalue weighted by Crippen LogP contribution is -2.11. The van der Waals surface area contributed by atoms with Crippen LogP contribution in [0.5, 0.6) is 5.88 Å². The second-order valence-corrected chi connectivity index (χ2v) is 7.25. The van der Waals surface area contributed by atoms with Crippen LogP contribution in [0.4, 0.5) is 5.69 Å². The molecule has 6 nitrogen and oxygen atoms in total. The molecule has 0 aliphatic carbocycles. The molecule has 3 aromatic rings. The Hall–Kier alpha value is -2.64. The van der Waals surface area contributed by atoms with Crippen molar-refractivity contribution in [1.82, 2.24) is 4.98 Å². The van der Waals surface area contributed by atoms with E-state index in [9.17, 15) is 13.5 Å². The summed E-state index contributed by atoms with van der Waals surface area (Å²) < 4.78 is 22.5. The van der Waals surface area contributed by atoms with Gasteiger partial charge in [-0.25, -0.2) is 13.6 Å². The van der Waals surface area contributed by atoms with Crippen molar-refractivity contribution in [3.05, 3.63) is 53.1 Å². The summed E-state index contributed by atoms with van der Waals surface area (Å²) in [6.45, 7) is 3.96. The number of aromatic amines is 1. The van der Waals surface area contributed by atoms with Gasteiger partial charge in [-0.3, -0.25) is 4.99 Å². The molecule has 0 unspecified atom stereocenters. The van der Waals surface area contributed by atoms with E-state index in [0.29, 0.717) is 11.3 Å². The topological polar surface area (TPSA) is 109 Å². The maximum Gasteiger partial charge on any atom is 0.238 e. The first-order valence-electron chi connectivity index (χ1n) is 7.24. The van der Waals surface area contributed by atoms with Gasteiger partial charge in [-0.05, 0) is 49.7 Å². The smallest absolute Gasteiger partial charge is 0.238 e. The predicted octanol–water partition coefficient (Wildman–Crippen LogP) is 2.89. The van der Waals surface area contributed by atoms with Crippen LogP contribution in [0.3, 0.4) is 0 Å². The molecule has 2 aromatic carbocycles. The molecule has 0 aliphatic heterocycles. The third-order valence-electron chi connectivity index (χ3n) is 3.78. The van der Waals surface area contributed by atoms with E-state index in [1.165, 1.54) is 12.1 Å². The van der Waals surface area contributed by atoms with E-state index < -0.39 is 10.0 Å². The number of primary sulfonamides is 1. The Balaban J connectivity index is 2.01. The largest absolute Gasteiger partial charge is 0.494 e. The van der Waals surface area contributed by atoms with Crippen molar-refractivity contribution in [3.8, 4) is 5.88 Å². The summed E-state index contributed by atoms with van der Waals surface area (Å²) in [4.78, 5) is 7.29. The Morgan fingerprint density at radius 1 is 1.17 bits per heavy atom. The van der Waals surface area contributed by atoms with Crippen LogP contribution in [0.15, 0.2) is 46.3 Å². The zero-order valence-electron chi connectivity index (χ0n) is 13.2. The number of aryl methyl sites for hydroxylation is 2. The third-order valence-corrected chi connectivity index (χ3v) is 4.71. The highest BCUT2D eigenvalue weighted by atomic mass is 32.2. The van der Waals surface area contributed by atoms with Gasteiger partial charge in [0.15, 0.2) is 5.88 Å². The van der Waals surface area contributed by atoms with Crippen LogP contribution in [-0.4, -0.2) is 24.7 Å². The first-order chi connectivity index (χ1) is 11.3. The van der Waals surface area contributed by atoms with Crippen LogP contribution < -0.4 is 5.14 Å². The highest BCUT2D eigenvalue weighted by molar-refractivity contribution is 7.89. The Kier molecular flexibility index (Phi) is 3.90. The fourth-order valence-corrected chi connectivity index (χ4v) is 3.17. The molecule has 0 radical (unpaired) electrons. The average Bonchev–Trinajstić information content (AvgIpc) is 2.81. The summed E-state index contributed by atoms with van der Waals surface area (Å²) in [5, 5.41) is 16.1. The van der Waals surface area contributed by atoms with E-state index in [2.05, 4.69) is 9.98 Å². The number of sulfonamides is 1. The van der Waals surface area contributed by atoms with E-state index >= 15 is 0 Å². The standard InChI is InChI=1S/C17H17N3O3S/c1-10-7-11(2)16-14(8-10)15(17(21)20-16)9-19-12-3-5-13(6-4-12)24(18,22)23/h3-9,20-21H,1-2H3,(H2,18,22,23). The van der Waals surface area contributed by atoms with Gasteiger partial charge in [-0.1, -0.05) is 11.6 Å². The van der Waals surface area contributed by atoms with E-state index in [1.54, 1.807) is 18.3 Å². The monoisotopic (exact) mass is 343 g/mol. The van der Waals surface area contributed by atoms with Gasteiger partial charge in [-0.15, -0.1) is 0 Å². The molecule has 0 atom stereocenters. The molecule has 4 N–H and O–H groups in total. The number of aromatic hydroxyl groups is 1. The molecule has 24 heavy (non-hydrogen) atoms. The van der Waals surface area contributed by atoms with E-state index in [-0.39, 0.29) is 10.8 Å². The molecule has 0 spiro atoms. The zero-order valence-corrected chi connectivity index (χ0v) is 14.1. The molecule has 7 heteroatoms. The number of aromatic nitrogens is 1. The molecule has 3 rings (SSSR count). The van der Waals surface area contributed by atoms with Gasteiger partial charge in [0.2, 0.25) is 10.0 Å². The maximum atomic E-state index is 11.2. The number of H-pyrrole nitrogens is 1. The third kappa shape index (κ3) is 3.04. The van der Waals surface area contributed by atoms with Crippen LogP contribution in [0.2, 0.25) is 0 Å². The molecule has 1 aromatic heterocycles. The number of fused-ring (bicyclic) bond motifs is 1. The minimum absolute atomic E-state index is 0.0302. The summed E-state index contributed by atoms with van der Waals surface area (Å²) in [6, 6.07) is 9.91. The molecule has 0 aliphatic rings. The van der Waals surface area contributed by atoms with Crippen LogP contribution >= 0.6 is 0 Å². The van der Waals surface area contributed by atoms with E-state index in [4.69, 9.17) is 5.14 Å². The van der Waals surface area contributed by atoms with Gasteiger partial charge in [-0.2, -0.15) is 0 Å². The van der Waals surface area contributed by atoms with Gasteiger partial charge in [0, 0.05) is 11.6 Å². The summed E-state index contributed by atoms with van der Waals surface area (Å²) in [5.74, 6) is 0.0450. The van der Waals surface area contributed by atoms with E-state index in [0.717, 1.165) is 22.0 Å². The van der Waals surface area contributed by atoms with Crippen molar-refractivity contribution in [2.45, 2.75) is 18.7 Å². The normalized spacial score (nSPS) is 12.3. The van der Waals surface area contributed by atoms with Crippen molar-refractivity contribution >= 4 is 32.8 Å². The minimum Gasteiger partial charge on any atom is -0.494 e. The summed E-state index contributed by atoms with van der Waals surface area (Å²) >= 11 is 0. The van der Waals surface area contributed by atoms with Crippen molar-refractivity contribution in [2.75, 3.05) is 0 Å². The van der Waals surface area contributed by atoms with Gasteiger partial charge >= 0.3 is 0 Å². The Morgan fingerprint density at radius 2 is 1.83 bits per heavy atom. The summed E-state index contributed by atoms with van der Waals surface area (Å²) in [5.41, 5.74) is 4.14. The zero-order chi connectivity index (χ0) is 17.5. The van der Waals surface area contributed by atoms with Gasteiger partial charge in [0.1, 0.15) is 0 Å². The lowest BCUT2D eigenvalue weighted by Gasteiger charge is -2.00. The molecule has 124 valence electrons. The SMILES string of the molecule is Cc1cc(C)c2[nH]c(O)c(C=Nc3ccc(S(N)(=O)=O)cc3)c2c1. The molecule has 0 fully saturated rings. The van der Waals surface area contributed by atoms with Gasteiger partial charge < -0.3 is 10.1 Å². The number of hydrogen-bond acceptors (Lipinski definition) is 4. The fraction of sp³-hybridized carbons (Fsp3) is 0.118. The number of hydrogen-bond donors (Lipinski definition) is 3. The number of nitrogens with zero attached hydrogens (tertiary/aromatic N) is 1. The van der Waals surface area contributed by atoms with Crippen molar-refractivity contribution in [1.29, 1.82) is 0 Å². The quantitative estimate of drug-likeness (QED) is 0.636. The van der Waals surface area contributed by atoms with Crippen LogP contribution in [0, 0.1) is 13.8 Å². The number of aliphatic imine (C=N–C) groups is 1. The molecule has 1 heterocycles. The van der Waals surface area contributed by atoms with Crippen LogP contribution in [0.25, 0.3) is 10.9 Å². The van der Waals surface area contributed by atoms with Gasteiger partial charge in [0.25, 0.3) is 0 Å². The second kappa shape index (κ2) is 5.77. The Labute approximate surface area is 139 Å². The molecular weight excluding hydrogens is 326 g/mol. The first kappa shape index (κ1) is 16.2. The highest BCUT2D eigenvalue weighted by Gasteiger charge is 2.11. The molecular formula is C17H17N3O3S. The maximum absolute atomic E-state index is 11.2. The minimum atomic E-state index is -3.72.